The first kappa shape index (κ1) is 26.0. The summed E-state index contributed by atoms with van der Waals surface area (Å²) in [5.74, 6) is -0.394. The molecule has 37 heavy (non-hydrogen) atoms. The van der Waals surface area contributed by atoms with Crippen LogP contribution in [0, 0.1) is 19.7 Å². The van der Waals surface area contributed by atoms with Crippen molar-refractivity contribution in [1.82, 2.24) is 4.90 Å². The molecular formula is C28H25FN2O5S. The third-order valence-corrected chi connectivity index (χ3v) is 6.54. The Balaban J connectivity index is 1.41. The molecular weight excluding hydrogens is 495 g/mol. The zero-order valence-electron chi connectivity index (χ0n) is 20.5. The lowest BCUT2D eigenvalue weighted by Gasteiger charge is -2.13. The maximum Gasteiger partial charge on any atom is 0.293 e. The number of nitrogens with zero attached hydrogens (tertiary/aromatic N) is 1. The third-order valence-electron chi connectivity index (χ3n) is 5.63. The highest BCUT2D eigenvalue weighted by atomic mass is 32.2. The molecule has 1 aliphatic heterocycles. The summed E-state index contributed by atoms with van der Waals surface area (Å²) in [5, 5.41) is 2.43. The molecule has 4 rings (SSSR count). The maximum absolute atomic E-state index is 13.2. The first-order valence-electron chi connectivity index (χ1n) is 11.4. The van der Waals surface area contributed by atoms with Crippen molar-refractivity contribution in [3.8, 4) is 11.5 Å². The molecule has 0 atom stereocenters. The standard InChI is InChI=1S/C28H25FN2O5S/c1-17-4-10-22(18(2)12-17)30-26(32)16-36-23-11-7-20(13-24(23)35-3)14-25-27(33)31(28(34)37-25)15-19-5-8-21(29)9-6-19/h4-14H,15-16H2,1-3H3,(H,30,32)/b25-14-. The van der Waals surface area contributed by atoms with Crippen molar-refractivity contribution in [3.05, 3.63) is 93.6 Å². The Bertz CT molecular complexity index is 1390. The molecule has 3 amide bonds. The Labute approximate surface area is 218 Å². The minimum atomic E-state index is -0.429. The quantitative estimate of drug-likeness (QED) is 0.383. The van der Waals surface area contributed by atoms with Crippen molar-refractivity contribution in [1.29, 1.82) is 0 Å². The zero-order valence-corrected chi connectivity index (χ0v) is 21.4. The van der Waals surface area contributed by atoms with Gasteiger partial charge in [0.1, 0.15) is 5.82 Å². The second-order valence-electron chi connectivity index (χ2n) is 8.46. The normalized spacial score (nSPS) is 14.3. The summed E-state index contributed by atoms with van der Waals surface area (Å²) in [4.78, 5) is 39.0. The number of nitrogens with one attached hydrogen (secondary N) is 1. The minimum absolute atomic E-state index is 0.0581. The highest BCUT2D eigenvalue weighted by molar-refractivity contribution is 8.18. The van der Waals surface area contributed by atoms with Crippen LogP contribution in [0.25, 0.3) is 6.08 Å². The Morgan fingerprint density at radius 3 is 2.49 bits per heavy atom. The van der Waals surface area contributed by atoms with E-state index in [-0.39, 0.29) is 29.8 Å². The van der Waals surface area contributed by atoms with Crippen LogP contribution in [0.1, 0.15) is 22.3 Å². The number of anilines is 1. The van der Waals surface area contributed by atoms with Gasteiger partial charge in [-0.25, -0.2) is 4.39 Å². The van der Waals surface area contributed by atoms with Gasteiger partial charge in [-0.05, 0) is 78.7 Å². The number of thioether (sulfide) groups is 1. The van der Waals surface area contributed by atoms with Gasteiger partial charge in [0.25, 0.3) is 17.1 Å². The summed E-state index contributed by atoms with van der Waals surface area (Å²) < 4.78 is 24.2. The van der Waals surface area contributed by atoms with Gasteiger partial charge in [-0.1, -0.05) is 35.9 Å². The second kappa shape index (κ2) is 11.3. The first-order chi connectivity index (χ1) is 17.7. The van der Waals surface area contributed by atoms with Gasteiger partial charge < -0.3 is 14.8 Å². The van der Waals surface area contributed by atoms with Gasteiger partial charge in [0.15, 0.2) is 18.1 Å². The molecule has 9 heteroatoms. The van der Waals surface area contributed by atoms with E-state index in [9.17, 15) is 18.8 Å². The van der Waals surface area contributed by atoms with Crippen LogP contribution in [0.5, 0.6) is 11.5 Å². The molecule has 1 saturated heterocycles. The number of rotatable bonds is 8. The van der Waals surface area contributed by atoms with Crippen molar-refractivity contribution in [2.24, 2.45) is 0 Å². The summed E-state index contributed by atoms with van der Waals surface area (Å²) in [5.41, 5.74) is 4.05. The number of ether oxygens (including phenoxy) is 2. The van der Waals surface area contributed by atoms with Gasteiger partial charge >= 0.3 is 0 Å². The molecule has 0 bridgehead atoms. The fourth-order valence-corrected chi connectivity index (χ4v) is 4.57. The molecule has 3 aromatic carbocycles. The number of carbonyl (C=O) groups is 3. The molecule has 1 aliphatic rings. The Morgan fingerprint density at radius 2 is 1.78 bits per heavy atom. The number of amides is 3. The van der Waals surface area contributed by atoms with Gasteiger partial charge in [0.05, 0.1) is 18.6 Å². The SMILES string of the molecule is COc1cc(/C=C2\SC(=O)N(Cc3ccc(F)cc3)C2=O)ccc1OCC(=O)Nc1ccc(C)cc1C. The first-order valence-corrected chi connectivity index (χ1v) is 12.2. The fourth-order valence-electron chi connectivity index (χ4n) is 3.74. The minimum Gasteiger partial charge on any atom is -0.493 e. The van der Waals surface area contributed by atoms with Gasteiger partial charge in [-0.15, -0.1) is 0 Å². The van der Waals surface area contributed by atoms with Crippen LogP contribution in [-0.4, -0.2) is 35.7 Å². The molecule has 3 aromatic rings. The summed E-state index contributed by atoms with van der Waals surface area (Å²) in [6.07, 6.45) is 1.59. The molecule has 0 radical (unpaired) electrons. The number of halogens is 1. The van der Waals surface area contributed by atoms with E-state index in [0.717, 1.165) is 33.5 Å². The van der Waals surface area contributed by atoms with Crippen molar-refractivity contribution in [3.63, 3.8) is 0 Å². The average molecular weight is 521 g/mol. The second-order valence-corrected chi connectivity index (χ2v) is 9.45. The topological polar surface area (TPSA) is 84.9 Å². The zero-order chi connectivity index (χ0) is 26.5. The van der Waals surface area contributed by atoms with Crippen LogP contribution in [0.2, 0.25) is 0 Å². The number of hydrogen-bond donors (Lipinski definition) is 1. The lowest BCUT2D eigenvalue weighted by Crippen LogP contribution is -2.27. The van der Waals surface area contributed by atoms with E-state index in [1.165, 1.54) is 31.4 Å². The van der Waals surface area contributed by atoms with E-state index in [1.54, 1.807) is 24.3 Å². The van der Waals surface area contributed by atoms with Crippen LogP contribution in [0.4, 0.5) is 14.9 Å². The lowest BCUT2D eigenvalue weighted by atomic mass is 10.1. The molecule has 1 heterocycles. The average Bonchev–Trinajstić information content (AvgIpc) is 3.13. The fraction of sp³-hybridized carbons (Fsp3) is 0.179. The number of imide groups is 1. The van der Waals surface area contributed by atoms with E-state index < -0.39 is 11.1 Å². The van der Waals surface area contributed by atoms with E-state index >= 15 is 0 Å². The van der Waals surface area contributed by atoms with Crippen molar-refractivity contribution in [2.75, 3.05) is 19.0 Å². The number of aryl methyl sites for hydroxylation is 2. The lowest BCUT2D eigenvalue weighted by molar-refractivity contribution is -0.123. The molecule has 0 unspecified atom stereocenters. The molecule has 0 aromatic heterocycles. The van der Waals surface area contributed by atoms with Crippen molar-refractivity contribution in [2.45, 2.75) is 20.4 Å². The maximum atomic E-state index is 13.2. The molecule has 0 saturated carbocycles. The van der Waals surface area contributed by atoms with Gasteiger partial charge in [-0.3, -0.25) is 19.3 Å². The van der Waals surface area contributed by atoms with Crippen molar-refractivity contribution >= 4 is 40.6 Å². The molecule has 0 aliphatic carbocycles. The monoisotopic (exact) mass is 520 g/mol. The molecule has 7 nitrogen and oxygen atoms in total. The van der Waals surface area contributed by atoms with Crippen LogP contribution in [0.15, 0.2) is 65.6 Å². The predicted octanol–water partition coefficient (Wildman–Crippen LogP) is 5.71. The molecule has 0 spiro atoms. The van der Waals surface area contributed by atoms with Crippen LogP contribution in [-0.2, 0) is 16.1 Å². The van der Waals surface area contributed by atoms with E-state index in [1.807, 2.05) is 32.0 Å². The number of carbonyl (C=O) groups excluding carboxylic acids is 3. The van der Waals surface area contributed by atoms with Crippen molar-refractivity contribution < 1.29 is 28.2 Å². The highest BCUT2D eigenvalue weighted by Crippen LogP contribution is 2.35. The van der Waals surface area contributed by atoms with Crippen LogP contribution >= 0.6 is 11.8 Å². The largest absolute Gasteiger partial charge is 0.493 e. The number of methoxy groups -OCH3 is 1. The number of benzene rings is 3. The summed E-state index contributed by atoms with van der Waals surface area (Å²) in [7, 11) is 1.47. The summed E-state index contributed by atoms with van der Waals surface area (Å²) in [6.45, 7) is 3.74. The van der Waals surface area contributed by atoms with E-state index in [2.05, 4.69) is 5.32 Å². The highest BCUT2D eigenvalue weighted by Gasteiger charge is 2.35. The molecule has 1 N–H and O–H groups in total. The smallest absolute Gasteiger partial charge is 0.293 e. The van der Waals surface area contributed by atoms with Gasteiger partial charge in [0, 0.05) is 5.69 Å². The summed E-state index contributed by atoms with van der Waals surface area (Å²) in [6, 6.07) is 16.4. The van der Waals surface area contributed by atoms with Gasteiger partial charge in [0.2, 0.25) is 0 Å². The molecule has 190 valence electrons. The van der Waals surface area contributed by atoms with Crippen LogP contribution < -0.4 is 14.8 Å². The Kier molecular flexibility index (Phi) is 7.93. The third kappa shape index (κ3) is 6.37. The predicted molar refractivity (Wildman–Crippen MR) is 141 cm³/mol. The Morgan fingerprint density at radius 1 is 1.03 bits per heavy atom. The summed E-state index contributed by atoms with van der Waals surface area (Å²) >= 11 is 0.833. The van der Waals surface area contributed by atoms with Crippen LogP contribution in [0.3, 0.4) is 0 Å². The van der Waals surface area contributed by atoms with E-state index in [0.29, 0.717) is 22.6 Å². The Hall–Kier alpha value is -4.11. The molecule has 1 fully saturated rings. The van der Waals surface area contributed by atoms with Gasteiger partial charge in [-0.2, -0.15) is 0 Å². The number of hydrogen-bond acceptors (Lipinski definition) is 6. The van der Waals surface area contributed by atoms with E-state index in [4.69, 9.17) is 9.47 Å².